The highest BCUT2D eigenvalue weighted by Gasteiger charge is 2.14. The molecule has 2 aromatic heterocycles. The zero-order valence-electron chi connectivity index (χ0n) is 12.4. The third-order valence-electron chi connectivity index (χ3n) is 3.45. The molecule has 0 aliphatic heterocycles. The lowest BCUT2D eigenvalue weighted by molar-refractivity contribution is 0.0664. The normalized spacial score (nSPS) is 11.0. The number of aromatic nitrogens is 3. The van der Waals surface area contributed by atoms with Gasteiger partial charge in [-0.1, -0.05) is 30.3 Å². The third kappa shape index (κ3) is 2.79. The number of hydrogen-bond donors (Lipinski definition) is 1. The van der Waals surface area contributed by atoms with E-state index in [4.69, 9.17) is 15.2 Å². The molecule has 3 rings (SSSR count). The summed E-state index contributed by atoms with van der Waals surface area (Å²) in [5.74, 6) is 0.521. The van der Waals surface area contributed by atoms with Crippen molar-refractivity contribution >= 4 is 11.0 Å². The van der Waals surface area contributed by atoms with Gasteiger partial charge in [0.25, 0.3) is 0 Å². The Morgan fingerprint density at radius 1 is 1.18 bits per heavy atom. The van der Waals surface area contributed by atoms with Gasteiger partial charge in [-0.3, -0.25) is 0 Å². The molecule has 1 aromatic carbocycles. The van der Waals surface area contributed by atoms with Gasteiger partial charge in [0.05, 0.1) is 13.7 Å². The van der Waals surface area contributed by atoms with Gasteiger partial charge in [0.2, 0.25) is 5.88 Å². The van der Waals surface area contributed by atoms with Crippen molar-refractivity contribution in [1.82, 2.24) is 14.5 Å². The molecule has 0 bridgehead atoms. The van der Waals surface area contributed by atoms with E-state index in [0.717, 1.165) is 22.2 Å². The van der Waals surface area contributed by atoms with Crippen molar-refractivity contribution in [2.45, 2.75) is 19.9 Å². The summed E-state index contributed by atoms with van der Waals surface area (Å²) in [6.45, 7) is 1.33. The highest BCUT2D eigenvalue weighted by molar-refractivity contribution is 5.83. The molecule has 22 heavy (non-hydrogen) atoms. The molecule has 0 atom stereocenters. The molecule has 0 saturated heterocycles. The van der Waals surface area contributed by atoms with Crippen molar-refractivity contribution in [3.63, 3.8) is 0 Å². The van der Waals surface area contributed by atoms with E-state index in [1.165, 1.54) is 6.33 Å². The fraction of sp³-hybridized carbons (Fsp3) is 0.250. The van der Waals surface area contributed by atoms with Crippen molar-refractivity contribution in [1.29, 1.82) is 0 Å². The number of hydrogen-bond acceptors (Lipinski definition) is 5. The average molecular weight is 298 g/mol. The largest absolute Gasteiger partial charge is 0.479 e. The van der Waals surface area contributed by atoms with Crippen molar-refractivity contribution < 1.29 is 9.47 Å². The van der Waals surface area contributed by atoms with E-state index in [9.17, 15) is 0 Å². The van der Waals surface area contributed by atoms with Crippen LogP contribution in [0.3, 0.4) is 0 Å². The summed E-state index contributed by atoms with van der Waals surface area (Å²) in [7, 11) is 1.59. The summed E-state index contributed by atoms with van der Waals surface area (Å²) in [6.07, 6.45) is 3.42. The van der Waals surface area contributed by atoms with Gasteiger partial charge < -0.3 is 19.8 Å². The van der Waals surface area contributed by atoms with Crippen LogP contribution in [0, 0.1) is 0 Å². The molecule has 114 valence electrons. The third-order valence-corrected chi connectivity index (χ3v) is 3.45. The van der Waals surface area contributed by atoms with Gasteiger partial charge in [0.1, 0.15) is 24.1 Å². The van der Waals surface area contributed by atoms with E-state index in [1.807, 2.05) is 41.1 Å². The lowest BCUT2D eigenvalue weighted by Gasteiger charge is -2.08. The van der Waals surface area contributed by atoms with Crippen molar-refractivity contribution in [3.8, 4) is 5.88 Å². The maximum absolute atomic E-state index is 5.79. The van der Waals surface area contributed by atoms with E-state index < -0.39 is 0 Å². The summed E-state index contributed by atoms with van der Waals surface area (Å²) in [4.78, 5) is 8.45. The van der Waals surface area contributed by atoms with Crippen molar-refractivity contribution in [2.75, 3.05) is 7.11 Å². The molecule has 0 aliphatic rings. The standard InChI is InChI=1S/C16H18N4O2/c1-21-16-15-14(18-10-19-16)13(7-17)8-20(15)11-22-9-12-5-3-2-4-6-12/h2-6,8,10H,7,9,11,17H2,1H3. The summed E-state index contributed by atoms with van der Waals surface area (Å²) in [5.41, 5.74) is 9.46. The minimum absolute atomic E-state index is 0.384. The first-order chi connectivity index (χ1) is 10.8. The van der Waals surface area contributed by atoms with E-state index in [1.54, 1.807) is 7.11 Å². The maximum Gasteiger partial charge on any atom is 0.241 e. The molecule has 3 aromatic rings. The van der Waals surface area contributed by atoms with Crippen LogP contribution >= 0.6 is 0 Å². The lowest BCUT2D eigenvalue weighted by atomic mass is 10.2. The quantitative estimate of drug-likeness (QED) is 0.754. The number of ether oxygens (including phenoxy) is 2. The number of fused-ring (bicyclic) bond motifs is 1. The van der Waals surface area contributed by atoms with Gasteiger partial charge in [-0.15, -0.1) is 0 Å². The highest BCUT2D eigenvalue weighted by atomic mass is 16.5. The predicted molar refractivity (Wildman–Crippen MR) is 83.2 cm³/mol. The molecule has 0 unspecified atom stereocenters. The van der Waals surface area contributed by atoms with Gasteiger partial charge >= 0.3 is 0 Å². The monoisotopic (exact) mass is 298 g/mol. The second kappa shape index (κ2) is 6.55. The van der Waals surface area contributed by atoms with Crippen LogP contribution in [0.25, 0.3) is 11.0 Å². The minimum Gasteiger partial charge on any atom is -0.479 e. The van der Waals surface area contributed by atoms with Crippen LogP contribution in [0.15, 0.2) is 42.9 Å². The van der Waals surface area contributed by atoms with Crippen LogP contribution in [0.1, 0.15) is 11.1 Å². The number of nitrogens with two attached hydrogens (primary N) is 1. The van der Waals surface area contributed by atoms with Crippen LogP contribution in [0.4, 0.5) is 0 Å². The van der Waals surface area contributed by atoms with Gasteiger partial charge in [-0.25, -0.2) is 4.98 Å². The minimum atomic E-state index is 0.384. The smallest absolute Gasteiger partial charge is 0.241 e. The zero-order valence-corrected chi connectivity index (χ0v) is 12.4. The molecule has 6 heteroatoms. The van der Waals surface area contributed by atoms with E-state index in [-0.39, 0.29) is 0 Å². The van der Waals surface area contributed by atoms with Crippen LogP contribution in [0.2, 0.25) is 0 Å². The maximum atomic E-state index is 5.79. The zero-order chi connectivity index (χ0) is 15.4. The molecule has 0 radical (unpaired) electrons. The Bertz CT molecular complexity index is 755. The predicted octanol–water partition coefficient (Wildman–Crippen LogP) is 2.07. The Morgan fingerprint density at radius 3 is 2.73 bits per heavy atom. The van der Waals surface area contributed by atoms with Crippen molar-refractivity contribution in [2.24, 2.45) is 5.73 Å². The molecule has 0 fully saturated rings. The lowest BCUT2D eigenvalue weighted by Crippen LogP contribution is -2.03. The molecule has 2 N–H and O–H groups in total. The first-order valence-electron chi connectivity index (χ1n) is 7.02. The van der Waals surface area contributed by atoms with Gasteiger partial charge in [-0.2, -0.15) is 4.98 Å². The molecule has 2 heterocycles. The topological polar surface area (TPSA) is 75.2 Å². The van der Waals surface area contributed by atoms with E-state index >= 15 is 0 Å². The second-order valence-corrected chi connectivity index (χ2v) is 4.87. The van der Waals surface area contributed by atoms with Gasteiger partial charge in [0, 0.05) is 18.3 Å². The Balaban J connectivity index is 1.84. The molecule has 6 nitrogen and oxygen atoms in total. The van der Waals surface area contributed by atoms with Crippen LogP contribution in [0.5, 0.6) is 5.88 Å². The Labute approximate surface area is 128 Å². The van der Waals surface area contributed by atoms with E-state index in [2.05, 4.69) is 9.97 Å². The van der Waals surface area contributed by atoms with Gasteiger partial charge in [0.15, 0.2) is 0 Å². The fourth-order valence-electron chi connectivity index (χ4n) is 2.41. The Hall–Kier alpha value is -2.44. The first kappa shape index (κ1) is 14.5. The Kier molecular flexibility index (Phi) is 4.32. The number of benzene rings is 1. The number of nitrogens with zero attached hydrogens (tertiary/aromatic N) is 3. The first-order valence-corrected chi connectivity index (χ1v) is 7.02. The van der Waals surface area contributed by atoms with Crippen molar-refractivity contribution in [3.05, 3.63) is 54.0 Å². The number of methoxy groups -OCH3 is 1. The second-order valence-electron chi connectivity index (χ2n) is 4.87. The molecule has 0 amide bonds. The van der Waals surface area contributed by atoms with Crippen LogP contribution in [-0.2, 0) is 24.6 Å². The average Bonchev–Trinajstić information content (AvgIpc) is 2.94. The fourth-order valence-corrected chi connectivity index (χ4v) is 2.41. The summed E-state index contributed by atoms with van der Waals surface area (Å²) in [5, 5.41) is 0. The summed E-state index contributed by atoms with van der Waals surface area (Å²) >= 11 is 0. The van der Waals surface area contributed by atoms with Gasteiger partial charge in [-0.05, 0) is 5.56 Å². The number of rotatable bonds is 6. The van der Waals surface area contributed by atoms with Crippen LogP contribution in [-0.4, -0.2) is 21.6 Å². The highest BCUT2D eigenvalue weighted by Crippen LogP contribution is 2.26. The Morgan fingerprint density at radius 2 is 2.00 bits per heavy atom. The molecular formula is C16H18N4O2. The molecule has 0 saturated carbocycles. The SMILES string of the molecule is COc1ncnc2c(CN)cn(COCc3ccccc3)c12. The van der Waals surface area contributed by atoms with Crippen LogP contribution < -0.4 is 10.5 Å². The molecule has 0 aliphatic carbocycles. The molecular weight excluding hydrogens is 280 g/mol. The summed E-state index contributed by atoms with van der Waals surface area (Å²) < 4.78 is 13.0. The molecule has 0 spiro atoms. The van der Waals surface area contributed by atoms with E-state index in [0.29, 0.717) is 25.8 Å². The summed E-state index contributed by atoms with van der Waals surface area (Å²) in [6, 6.07) is 10.0.